The average molecular weight is 352 g/mol. The maximum atomic E-state index is 13.0. The van der Waals surface area contributed by atoms with Crippen LogP contribution in [0.3, 0.4) is 0 Å². The molecule has 0 bridgehead atoms. The van der Waals surface area contributed by atoms with E-state index in [-0.39, 0.29) is 18.4 Å². The fraction of sp³-hybridized carbons (Fsp3) is 0.650. The summed E-state index contributed by atoms with van der Waals surface area (Å²) < 4.78 is 5.72. The predicted octanol–water partition coefficient (Wildman–Crippen LogP) is 4.58. The van der Waals surface area contributed by atoms with Crippen molar-refractivity contribution >= 4 is 18.4 Å². The normalized spacial score (nSPS) is 23.7. The number of carbonyl (C=O) groups is 1. The van der Waals surface area contributed by atoms with Crippen LogP contribution in [0.5, 0.6) is 5.75 Å². The summed E-state index contributed by atoms with van der Waals surface area (Å²) in [6, 6.07) is 8.09. The Bertz CT molecular complexity index is 552. The van der Waals surface area contributed by atoms with E-state index in [0.29, 0.717) is 5.92 Å². The highest BCUT2D eigenvalue weighted by Gasteiger charge is 2.53. The van der Waals surface area contributed by atoms with Crippen LogP contribution >= 0.6 is 12.4 Å². The number of ether oxygens (including phenoxy) is 1. The van der Waals surface area contributed by atoms with Gasteiger partial charge in [-0.2, -0.15) is 0 Å². The molecular weight excluding hydrogens is 322 g/mol. The lowest BCUT2D eigenvalue weighted by molar-refractivity contribution is -0.141. The monoisotopic (exact) mass is 351 g/mol. The van der Waals surface area contributed by atoms with Crippen LogP contribution in [-0.2, 0) is 10.2 Å². The second kappa shape index (κ2) is 8.35. The van der Waals surface area contributed by atoms with Crippen molar-refractivity contribution in [2.24, 2.45) is 5.92 Å². The van der Waals surface area contributed by atoms with Gasteiger partial charge in [0.05, 0.1) is 0 Å². The van der Waals surface area contributed by atoms with E-state index in [1.165, 1.54) is 19.3 Å². The van der Waals surface area contributed by atoms with Crippen molar-refractivity contribution in [2.75, 3.05) is 19.6 Å². The molecule has 24 heavy (non-hydrogen) atoms. The number of halogens is 1. The molecule has 0 N–H and O–H groups in total. The molecule has 0 aromatic heterocycles. The van der Waals surface area contributed by atoms with Crippen molar-refractivity contribution in [3.63, 3.8) is 0 Å². The van der Waals surface area contributed by atoms with Crippen molar-refractivity contribution in [3.05, 3.63) is 29.8 Å². The van der Waals surface area contributed by atoms with Gasteiger partial charge in [-0.25, -0.2) is 0 Å². The van der Waals surface area contributed by atoms with Crippen LogP contribution in [0.4, 0.5) is 0 Å². The molecule has 3 rings (SSSR count). The van der Waals surface area contributed by atoms with E-state index in [2.05, 4.69) is 30.9 Å². The minimum Gasteiger partial charge on any atom is -0.426 e. The highest BCUT2D eigenvalue weighted by atomic mass is 35.5. The lowest BCUT2D eigenvalue weighted by atomic mass is 9.64. The zero-order valence-corrected chi connectivity index (χ0v) is 15.7. The van der Waals surface area contributed by atoms with Gasteiger partial charge in [-0.05, 0) is 50.9 Å². The SMILES string of the molecule is CCN(CC)CCC1(C2CCCCC2)C(=O)Oc2ccccc21.Cl. The number of rotatable bonds is 6. The Kier molecular flexibility index (Phi) is 6.70. The molecule has 4 heteroatoms. The molecule has 0 amide bonds. The zero-order valence-electron chi connectivity index (χ0n) is 14.9. The molecule has 1 heterocycles. The first-order chi connectivity index (χ1) is 11.2. The van der Waals surface area contributed by atoms with Gasteiger partial charge < -0.3 is 9.64 Å². The maximum absolute atomic E-state index is 13.0. The minimum atomic E-state index is -0.417. The average Bonchev–Trinajstić information content (AvgIpc) is 2.89. The van der Waals surface area contributed by atoms with Gasteiger partial charge in [0, 0.05) is 5.56 Å². The lowest BCUT2D eigenvalue weighted by Gasteiger charge is -2.38. The molecular formula is C20H30ClNO2. The van der Waals surface area contributed by atoms with Gasteiger partial charge in [0.15, 0.2) is 0 Å². The number of esters is 1. The number of carbonyl (C=O) groups excluding carboxylic acids is 1. The summed E-state index contributed by atoms with van der Waals surface area (Å²) in [5.74, 6) is 1.23. The molecule has 1 saturated carbocycles. The van der Waals surface area contributed by atoms with Crippen LogP contribution in [0, 0.1) is 5.92 Å². The second-order valence-corrected chi connectivity index (χ2v) is 6.97. The number of benzene rings is 1. The maximum Gasteiger partial charge on any atom is 0.322 e. The van der Waals surface area contributed by atoms with Crippen LogP contribution in [-0.4, -0.2) is 30.5 Å². The van der Waals surface area contributed by atoms with Gasteiger partial charge in [-0.3, -0.25) is 4.79 Å². The summed E-state index contributed by atoms with van der Waals surface area (Å²) in [6.07, 6.45) is 6.98. The smallest absolute Gasteiger partial charge is 0.322 e. The van der Waals surface area contributed by atoms with Crippen LogP contribution in [0.15, 0.2) is 24.3 Å². The molecule has 1 unspecified atom stereocenters. The van der Waals surface area contributed by atoms with E-state index in [1.807, 2.05) is 12.1 Å². The van der Waals surface area contributed by atoms with Crippen molar-refractivity contribution in [3.8, 4) is 5.75 Å². The number of nitrogens with zero attached hydrogens (tertiary/aromatic N) is 1. The summed E-state index contributed by atoms with van der Waals surface area (Å²) in [5.41, 5.74) is 0.726. The van der Waals surface area contributed by atoms with Crippen molar-refractivity contribution in [2.45, 2.75) is 57.8 Å². The Morgan fingerprint density at radius 1 is 1.12 bits per heavy atom. The summed E-state index contributed by atoms with van der Waals surface area (Å²) in [4.78, 5) is 15.4. The Labute approximate surface area is 152 Å². The first kappa shape index (κ1) is 19.3. The third-order valence-corrected chi connectivity index (χ3v) is 5.95. The van der Waals surface area contributed by atoms with Gasteiger partial charge in [0.1, 0.15) is 11.2 Å². The van der Waals surface area contributed by atoms with Crippen molar-refractivity contribution in [1.29, 1.82) is 0 Å². The quantitative estimate of drug-likeness (QED) is 0.555. The third-order valence-electron chi connectivity index (χ3n) is 5.95. The Morgan fingerprint density at radius 2 is 1.79 bits per heavy atom. The number of hydrogen-bond acceptors (Lipinski definition) is 3. The standard InChI is InChI=1S/C20H29NO2.ClH/c1-3-21(4-2)15-14-20(16-10-6-5-7-11-16)17-12-8-9-13-18(17)23-19(20)22;/h8-9,12-13,16H,3-7,10-11,14-15H2,1-2H3;1H. The first-order valence-electron chi connectivity index (χ1n) is 9.26. The van der Waals surface area contributed by atoms with Gasteiger partial charge in [0.2, 0.25) is 0 Å². The Morgan fingerprint density at radius 3 is 2.46 bits per heavy atom. The van der Waals surface area contributed by atoms with Gasteiger partial charge >= 0.3 is 5.97 Å². The molecule has 1 aromatic carbocycles. The zero-order chi connectivity index (χ0) is 16.3. The van der Waals surface area contributed by atoms with E-state index in [0.717, 1.165) is 50.2 Å². The highest BCUT2D eigenvalue weighted by molar-refractivity contribution is 5.91. The fourth-order valence-electron chi connectivity index (χ4n) is 4.52. The van der Waals surface area contributed by atoms with E-state index < -0.39 is 5.41 Å². The van der Waals surface area contributed by atoms with Gasteiger partial charge in [-0.15, -0.1) is 12.4 Å². The molecule has 1 atom stereocenters. The molecule has 2 aliphatic rings. The molecule has 1 aromatic rings. The molecule has 1 aliphatic carbocycles. The van der Waals surface area contributed by atoms with Gasteiger partial charge in [0.25, 0.3) is 0 Å². The van der Waals surface area contributed by atoms with Crippen molar-refractivity contribution in [1.82, 2.24) is 4.90 Å². The van der Waals surface area contributed by atoms with E-state index in [4.69, 9.17) is 4.74 Å². The lowest BCUT2D eigenvalue weighted by Crippen LogP contribution is -2.45. The Hall–Kier alpha value is -1.06. The molecule has 134 valence electrons. The minimum absolute atomic E-state index is 0. The molecule has 0 saturated heterocycles. The summed E-state index contributed by atoms with van der Waals surface area (Å²) in [5, 5.41) is 0. The van der Waals surface area contributed by atoms with E-state index in [9.17, 15) is 4.79 Å². The van der Waals surface area contributed by atoms with E-state index in [1.54, 1.807) is 0 Å². The molecule has 0 radical (unpaired) electrons. The number of para-hydroxylation sites is 1. The second-order valence-electron chi connectivity index (χ2n) is 6.97. The molecule has 1 aliphatic heterocycles. The van der Waals surface area contributed by atoms with Crippen LogP contribution in [0.25, 0.3) is 0 Å². The van der Waals surface area contributed by atoms with Crippen molar-refractivity contribution < 1.29 is 9.53 Å². The fourth-order valence-corrected chi connectivity index (χ4v) is 4.52. The van der Waals surface area contributed by atoms with Crippen LogP contribution in [0.1, 0.15) is 57.9 Å². The van der Waals surface area contributed by atoms with E-state index >= 15 is 0 Å². The summed E-state index contributed by atoms with van der Waals surface area (Å²) in [7, 11) is 0. The molecule has 3 nitrogen and oxygen atoms in total. The summed E-state index contributed by atoms with van der Waals surface area (Å²) in [6.45, 7) is 7.42. The predicted molar refractivity (Wildman–Crippen MR) is 100.0 cm³/mol. The molecule has 1 fully saturated rings. The third kappa shape index (κ3) is 3.34. The Balaban J connectivity index is 0.00000208. The van der Waals surface area contributed by atoms with Crippen LogP contribution < -0.4 is 4.74 Å². The first-order valence-corrected chi connectivity index (χ1v) is 9.26. The number of hydrogen-bond donors (Lipinski definition) is 0. The largest absolute Gasteiger partial charge is 0.426 e. The van der Waals surface area contributed by atoms with Crippen LogP contribution in [0.2, 0.25) is 0 Å². The molecule has 0 spiro atoms. The highest BCUT2D eigenvalue weighted by Crippen LogP contribution is 2.51. The number of fused-ring (bicyclic) bond motifs is 1. The van der Waals surface area contributed by atoms with Gasteiger partial charge in [-0.1, -0.05) is 51.3 Å². The summed E-state index contributed by atoms with van der Waals surface area (Å²) >= 11 is 0. The topological polar surface area (TPSA) is 29.5 Å².